The fraction of sp³-hybridized carbons (Fsp3) is 0.739. The van der Waals surface area contributed by atoms with E-state index in [1.165, 1.54) is 37.1 Å². The largest absolute Gasteiger partial charge is 0.741 e. The quantitative estimate of drug-likeness (QED) is 0.385. The van der Waals surface area contributed by atoms with Crippen LogP contribution < -0.4 is 4.74 Å². The van der Waals surface area contributed by atoms with Crippen molar-refractivity contribution in [2.45, 2.75) is 73.6 Å². The topological polar surface area (TPSA) is 95.9 Å². The smallest absolute Gasteiger partial charge is 0.485 e. The van der Waals surface area contributed by atoms with E-state index in [0.717, 1.165) is 48.3 Å². The van der Waals surface area contributed by atoms with Crippen molar-refractivity contribution < 1.29 is 45.2 Å². The molecular weight excluding hydrogens is 475 g/mol. The molecule has 2 bridgehead atoms. The predicted molar refractivity (Wildman–Crippen MR) is 114 cm³/mol. The number of phenolic OH excluding ortho intramolecular Hbond substituents is 1. The van der Waals surface area contributed by atoms with E-state index in [-0.39, 0.29) is 17.1 Å². The maximum absolute atomic E-state index is 10.7. The molecule has 1 aromatic rings. The Morgan fingerprint density at radius 2 is 1.94 bits per heavy atom. The molecule has 2 unspecified atom stereocenters. The van der Waals surface area contributed by atoms with Crippen molar-refractivity contribution in [3.8, 4) is 11.5 Å². The molecule has 34 heavy (non-hydrogen) atoms. The number of methoxy groups -OCH3 is 1. The first kappa shape index (κ1) is 24.1. The van der Waals surface area contributed by atoms with E-state index >= 15 is 0 Å². The van der Waals surface area contributed by atoms with Gasteiger partial charge in [0.1, 0.15) is 17.7 Å². The summed E-state index contributed by atoms with van der Waals surface area (Å²) >= 11 is 0. The second-order valence-corrected chi connectivity index (χ2v) is 12.1. The molecule has 0 radical (unpaired) electrons. The number of aromatic hydroxyl groups is 1. The van der Waals surface area contributed by atoms with Gasteiger partial charge in [-0.25, -0.2) is 8.42 Å². The van der Waals surface area contributed by atoms with Gasteiger partial charge in [-0.1, -0.05) is 6.07 Å². The second kappa shape index (κ2) is 7.47. The lowest BCUT2D eigenvalue weighted by molar-refractivity contribution is -0.950. The van der Waals surface area contributed by atoms with Crippen molar-refractivity contribution in [3.05, 3.63) is 23.3 Å². The van der Waals surface area contributed by atoms with E-state index in [0.29, 0.717) is 11.8 Å². The van der Waals surface area contributed by atoms with Gasteiger partial charge in [-0.15, -0.1) is 0 Å². The van der Waals surface area contributed by atoms with Crippen LogP contribution in [0.4, 0.5) is 13.2 Å². The molecule has 5 atom stereocenters. The molecular formula is C23H30F3NO6S. The van der Waals surface area contributed by atoms with E-state index in [2.05, 4.69) is 13.1 Å². The number of hydrogen-bond acceptors (Lipinski definition) is 6. The predicted octanol–water partition coefficient (Wildman–Crippen LogP) is 3.20. The fourth-order valence-corrected chi connectivity index (χ4v) is 7.53. The average molecular weight is 506 g/mol. The standard InChI is InChI=1S/C22H29NO3.CHF3O3S/c1-23(13-14-5-6-14)11-10-21-18-4-3-9-22(21,25-2)17(23)12-15-7-8-16(24)20(26-18)19(15)21;2-1(3,4)8(5,6)7/h7-8,14,17-18H,3-6,9-13H2,1-2H3;(H,5,6,7)/t17-,18+,21-,22?,23?;/m1./s1. The minimum absolute atomic E-state index is 0.0619. The molecule has 1 spiro atoms. The van der Waals surface area contributed by atoms with Gasteiger partial charge in [0.15, 0.2) is 21.6 Å². The molecule has 5 aliphatic rings. The molecule has 0 aromatic heterocycles. The van der Waals surface area contributed by atoms with Crippen LogP contribution in [0.2, 0.25) is 0 Å². The van der Waals surface area contributed by atoms with Gasteiger partial charge in [0.2, 0.25) is 0 Å². The lowest BCUT2D eigenvalue weighted by atomic mass is 9.48. The van der Waals surface area contributed by atoms with Gasteiger partial charge in [-0.2, -0.15) is 13.2 Å². The van der Waals surface area contributed by atoms with Crippen molar-refractivity contribution in [3.63, 3.8) is 0 Å². The Labute approximate surface area is 197 Å². The number of rotatable bonds is 3. The van der Waals surface area contributed by atoms with Crippen LogP contribution >= 0.6 is 0 Å². The molecule has 190 valence electrons. The first-order valence-corrected chi connectivity index (χ1v) is 13.1. The van der Waals surface area contributed by atoms with Crippen LogP contribution in [0.3, 0.4) is 0 Å². The number of halogens is 3. The molecule has 11 heteroatoms. The van der Waals surface area contributed by atoms with Crippen LogP contribution in [0, 0.1) is 5.92 Å². The fourth-order valence-electron chi connectivity index (χ4n) is 7.53. The van der Waals surface area contributed by atoms with Crippen LogP contribution in [0.25, 0.3) is 0 Å². The summed E-state index contributed by atoms with van der Waals surface area (Å²) in [6.07, 6.45) is 8.52. The Morgan fingerprint density at radius 3 is 2.53 bits per heavy atom. The van der Waals surface area contributed by atoms with E-state index in [1.54, 1.807) is 0 Å². The van der Waals surface area contributed by atoms with Crippen molar-refractivity contribution >= 4 is 10.1 Å². The van der Waals surface area contributed by atoms with Gasteiger partial charge in [0.25, 0.3) is 0 Å². The Hall–Kier alpha value is -1.56. The number of likely N-dealkylation sites (tertiary alicyclic amines) is 1. The molecule has 3 aliphatic carbocycles. The lowest BCUT2D eigenvalue weighted by Crippen LogP contribution is -2.80. The zero-order valence-corrected chi connectivity index (χ0v) is 20.0. The van der Waals surface area contributed by atoms with Gasteiger partial charge >= 0.3 is 5.51 Å². The molecule has 0 amide bonds. The van der Waals surface area contributed by atoms with E-state index in [9.17, 15) is 18.3 Å². The first-order valence-electron chi connectivity index (χ1n) is 11.7. The molecule has 1 aromatic carbocycles. The second-order valence-electron chi connectivity index (χ2n) is 10.7. The zero-order chi connectivity index (χ0) is 24.7. The summed E-state index contributed by atoms with van der Waals surface area (Å²) in [5, 5.41) is 10.5. The summed E-state index contributed by atoms with van der Waals surface area (Å²) in [6.45, 7) is 2.51. The van der Waals surface area contributed by atoms with Crippen molar-refractivity contribution in [1.29, 1.82) is 0 Å². The lowest BCUT2D eigenvalue weighted by Gasteiger charge is -2.66. The minimum atomic E-state index is -6.09. The third-order valence-electron chi connectivity index (χ3n) is 8.99. The molecule has 1 N–H and O–H groups in total. The summed E-state index contributed by atoms with van der Waals surface area (Å²) in [5.74, 6) is 2.00. The number of ether oxygens (including phenoxy) is 2. The number of hydrogen-bond donors (Lipinski definition) is 1. The van der Waals surface area contributed by atoms with Gasteiger partial charge in [-0.05, 0) is 43.7 Å². The minimum Gasteiger partial charge on any atom is -0.741 e. The molecule has 2 aliphatic heterocycles. The highest BCUT2D eigenvalue weighted by Crippen LogP contribution is 2.67. The van der Waals surface area contributed by atoms with E-state index in [4.69, 9.17) is 22.4 Å². The highest BCUT2D eigenvalue weighted by molar-refractivity contribution is 7.86. The van der Waals surface area contributed by atoms with Gasteiger partial charge in [0.05, 0.1) is 25.6 Å². The Kier molecular flexibility index (Phi) is 5.31. The number of alkyl halides is 3. The number of likely N-dealkylation sites (N-methyl/N-ethyl adjacent to an activating group) is 1. The van der Waals surface area contributed by atoms with Crippen LogP contribution in [0.1, 0.15) is 49.7 Å². The molecule has 3 fully saturated rings. The molecule has 6 rings (SSSR count). The molecule has 2 heterocycles. The number of benzene rings is 1. The zero-order valence-electron chi connectivity index (χ0n) is 19.2. The summed E-state index contributed by atoms with van der Waals surface area (Å²) in [7, 11) is -1.66. The van der Waals surface area contributed by atoms with Crippen LogP contribution in [0.15, 0.2) is 12.1 Å². The normalized spacial score (nSPS) is 37.8. The highest BCUT2D eigenvalue weighted by atomic mass is 32.2. The monoisotopic (exact) mass is 505 g/mol. The van der Waals surface area contributed by atoms with Gasteiger partial charge in [0, 0.05) is 31.4 Å². The molecule has 2 saturated carbocycles. The molecule has 7 nitrogen and oxygen atoms in total. The highest BCUT2D eigenvalue weighted by Gasteiger charge is 2.75. The summed E-state index contributed by atoms with van der Waals surface area (Å²) in [6, 6.07) is 4.51. The van der Waals surface area contributed by atoms with Gasteiger partial charge in [-0.3, -0.25) is 0 Å². The van der Waals surface area contributed by atoms with Gasteiger partial charge < -0.3 is 23.6 Å². The van der Waals surface area contributed by atoms with Crippen LogP contribution in [-0.2, 0) is 26.7 Å². The van der Waals surface area contributed by atoms with Crippen molar-refractivity contribution in [2.75, 3.05) is 27.2 Å². The Morgan fingerprint density at radius 1 is 1.26 bits per heavy atom. The Balaban J connectivity index is 0.000000262. The summed E-state index contributed by atoms with van der Waals surface area (Å²) in [4.78, 5) is 0. The third-order valence-corrected chi connectivity index (χ3v) is 9.56. The first-order chi connectivity index (χ1) is 15.8. The summed E-state index contributed by atoms with van der Waals surface area (Å²) in [5.41, 5.74) is -3.15. The number of nitrogens with zero attached hydrogens (tertiary/aromatic N) is 1. The van der Waals surface area contributed by atoms with Crippen LogP contribution in [-0.4, -0.2) is 73.1 Å². The van der Waals surface area contributed by atoms with Crippen molar-refractivity contribution in [2.24, 2.45) is 5.92 Å². The Bertz CT molecular complexity index is 1110. The van der Waals surface area contributed by atoms with E-state index in [1.807, 2.05) is 13.2 Å². The summed E-state index contributed by atoms with van der Waals surface area (Å²) < 4.78 is 73.1. The maximum atomic E-state index is 10.7. The maximum Gasteiger partial charge on any atom is 0.485 e. The number of piperidine rings is 1. The molecule has 1 saturated heterocycles. The van der Waals surface area contributed by atoms with E-state index < -0.39 is 15.6 Å². The number of quaternary nitrogens is 1. The average Bonchev–Trinajstić information content (AvgIpc) is 3.48. The van der Waals surface area contributed by atoms with Crippen LogP contribution in [0.5, 0.6) is 11.5 Å². The van der Waals surface area contributed by atoms with Crippen molar-refractivity contribution in [1.82, 2.24) is 0 Å². The number of phenols is 1. The third kappa shape index (κ3) is 3.23. The SMILES string of the molecule is COC12CCC[C@@H]3Oc4c(O)ccc5c4[C@@]31CC[N+](C)(CC1CC1)[C@@H]2C5.O=S(=O)([O-])C(F)(F)F.